The molecule has 0 aliphatic heterocycles. The van der Waals surface area contributed by atoms with Gasteiger partial charge in [0.1, 0.15) is 0 Å². The molecule has 0 radical (unpaired) electrons. The molecular weight excluding hydrogens is 250 g/mol. The van der Waals surface area contributed by atoms with Gasteiger partial charge in [-0.15, -0.1) is 0 Å². The van der Waals surface area contributed by atoms with Crippen molar-refractivity contribution < 1.29 is 4.79 Å². The van der Waals surface area contributed by atoms with Crippen molar-refractivity contribution in [2.45, 2.75) is 25.8 Å². The number of carbonyl (C=O) groups excluding carboxylic acids is 1. The first-order valence-electron chi connectivity index (χ1n) is 6.68. The van der Waals surface area contributed by atoms with Crippen molar-refractivity contribution in [3.8, 4) is 0 Å². The molecule has 0 bridgehead atoms. The molecule has 4 nitrogen and oxygen atoms in total. The molecule has 3 N–H and O–H groups in total. The highest BCUT2D eigenvalue weighted by molar-refractivity contribution is 5.94. The van der Waals surface area contributed by atoms with Crippen LogP contribution in [0.1, 0.15) is 17.7 Å². The standard InChI is InChI=1S/C16H19N3O/c1-12-7-9-14(11-18-12)19-16(20)15(17)10-8-13-5-3-2-4-6-13/h2-7,9,11,15H,8,10,17H2,1H3,(H,19,20). The van der Waals surface area contributed by atoms with E-state index in [0.29, 0.717) is 12.1 Å². The van der Waals surface area contributed by atoms with Gasteiger partial charge in [0, 0.05) is 5.69 Å². The molecule has 104 valence electrons. The number of nitrogens with one attached hydrogen (secondary N) is 1. The summed E-state index contributed by atoms with van der Waals surface area (Å²) in [6.45, 7) is 1.90. The lowest BCUT2D eigenvalue weighted by Crippen LogP contribution is -2.36. The highest BCUT2D eigenvalue weighted by Crippen LogP contribution is 2.08. The van der Waals surface area contributed by atoms with Gasteiger partial charge in [-0.25, -0.2) is 0 Å². The lowest BCUT2D eigenvalue weighted by molar-refractivity contribution is -0.117. The minimum atomic E-state index is -0.517. The number of hydrogen-bond donors (Lipinski definition) is 2. The highest BCUT2D eigenvalue weighted by Gasteiger charge is 2.13. The van der Waals surface area contributed by atoms with E-state index in [0.717, 1.165) is 12.1 Å². The molecule has 4 heteroatoms. The molecule has 0 aliphatic rings. The summed E-state index contributed by atoms with van der Waals surface area (Å²) >= 11 is 0. The van der Waals surface area contributed by atoms with Crippen molar-refractivity contribution in [1.29, 1.82) is 0 Å². The summed E-state index contributed by atoms with van der Waals surface area (Å²) in [7, 11) is 0. The number of anilines is 1. The largest absolute Gasteiger partial charge is 0.323 e. The second-order valence-corrected chi connectivity index (χ2v) is 4.81. The van der Waals surface area contributed by atoms with Gasteiger partial charge in [-0.3, -0.25) is 9.78 Å². The zero-order valence-electron chi connectivity index (χ0n) is 11.5. The number of hydrogen-bond acceptors (Lipinski definition) is 3. The Bertz CT molecular complexity index is 552. The molecule has 1 aromatic carbocycles. The van der Waals surface area contributed by atoms with E-state index in [4.69, 9.17) is 5.73 Å². The summed E-state index contributed by atoms with van der Waals surface area (Å²) in [5.41, 5.74) is 8.69. The third kappa shape index (κ3) is 4.17. The van der Waals surface area contributed by atoms with Crippen molar-refractivity contribution in [3.63, 3.8) is 0 Å². The van der Waals surface area contributed by atoms with Crippen LogP contribution in [0.3, 0.4) is 0 Å². The van der Waals surface area contributed by atoms with Crippen LogP contribution < -0.4 is 11.1 Å². The fraction of sp³-hybridized carbons (Fsp3) is 0.250. The Kier molecular flexibility index (Phi) is 4.85. The minimum absolute atomic E-state index is 0.174. The second kappa shape index (κ2) is 6.82. The molecule has 1 amide bonds. The molecule has 2 rings (SSSR count). The maximum Gasteiger partial charge on any atom is 0.241 e. The summed E-state index contributed by atoms with van der Waals surface area (Å²) in [5.74, 6) is -0.174. The number of rotatable bonds is 5. The quantitative estimate of drug-likeness (QED) is 0.875. The van der Waals surface area contributed by atoms with Crippen LogP contribution in [0.5, 0.6) is 0 Å². The first kappa shape index (κ1) is 14.2. The smallest absolute Gasteiger partial charge is 0.241 e. The van der Waals surface area contributed by atoms with E-state index in [-0.39, 0.29) is 5.91 Å². The predicted molar refractivity (Wildman–Crippen MR) is 80.3 cm³/mol. The van der Waals surface area contributed by atoms with Gasteiger partial charge in [-0.05, 0) is 37.5 Å². The van der Waals surface area contributed by atoms with E-state index in [1.54, 1.807) is 6.20 Å². The summed E-state index contributed by atoms with van der Waals surface area (Å²) in [5, 5.41) is 2.78. The molecule has 0 saturated carbocycles. The number of benzene rings is 1. The predicted octanol–water partition coefficient (Wildman–Crippen LogP) is 2.29. The Labute approximate surface area is 119 Å². The van der Waals surface area contributed by atoms with Crippen molar-refractivity contribution >= 4 is 11.6 Å². The van der Waals surface area contributed by atoms with Crippen molar-refractivity contribution in [2.24, 2.45) is 5.73 Å². The van der Waals surface area contributed by atoms with Crippen molar-refractivity contribution in [2.75, 3.05) is 5.32 Å². The normalized spacial score (nSPS) is 11.9. The molecule has 1 aromatic heterocycles. The highest BCUT2D eigenvalue weighted by atomic mass is 16.2. The molecule has 1 atom stereocenters. The third-order valence-electron chi connectivity index (χ3n) is 3.10. The molecule has 0 aliphatic carbocycles. The zero-order valence-corrected chi connectivity index (χ0v) is 11.5. The van der Waals surface area contributed by atoms with E-state index in [1.807, 2.05) is 49.4 Å². The van der Waals surface area contributed by atoms with Gasteiger partial charge in [0.25, 0.3) is 0 Å². The van der Waals surface area contributed by atoms with Crippen LogP contribution in [0.15, 0.2) is 48.7 Å². The molecule has 0 spiro atoms. The molecule has 0 fully saturated rings. The van der Waals surface area contributed by atoms with E-state index in [9.17, 15) is 4.79 Å². The van der Waals surface area contributed by atoms with Crippen LogP contribution in [0, 0.1) is 6.92 Å². The SMILES string of the molecule is Cc1ccc(NC(=O)C(N)CCc2ccccc2)cn1. The van der Waals surface area contributed by atoms with Crippen LogP contribution in [0.4, 0.5) is 5.69 Å². The Hall–Kier alpha value is -2.20. The van der Waals surface area contributed by atoms with Crippen LogP contribution >= 0.6 is 0 Å². The van der Waals surface area contributed by atoms with Gasteiger partial charge < -0.3 is 11.1 Å². The number of carbonyl (C=O) groups is 1. The van der Waals surface area contributed by atoms with Crippen LogP contribution in [0.25, 0.3) is 0 Å². The second-order valence-electron chi connectivity index (χ2n) is 4.81. The van der Waals surface area contributed by atoms with Gasteiger partial charge >= 0.3 is 0 Å². The van der Waals surface area contributed by atoms with E-state index >= 15 is 0 Å². The Morgan fingerprint density at radius 2 is 2.00 bits per heavy atom. The number of aryl methyl sites for hydroxylation is 2. The van der Waals surface area contributed by atoms with E-state index < -0.39 is 6.04 Å². The molecule has 0 saturated heterocycles. The van der Waals surface area contributed by atoms with Gasteiger partial charge in [-0.2, -0.15) is 0 Å². The summed E-state index contributed by atoms with van der Waals surface area (Å²) < 4.78 is 0. The number of nitrogens with zero attached hydrogens (tertiary/aromatic N) is 1. The first-order chi connectivity index (χ1) is 9.65. The third-order valence-corrected chi connectivity index (χ3v) is 3.10. The van der Waals surface area contributed by atoms with Gasteiger partial charge in [0.05, 0.1) is 17.9 Å². The maximum atomic E-state index is 12.0. The fourth-order valence-electron chi connectivity index (χ4n) is 1.87. The number of pyridine rings is 1. The number of amides is 1. The van der Waals surface area contributed by atoms with Crippen LogP contribution in [-0.4, -0.2) is 16.9 Å². The van der Waals surface area contributed by atoms with Gasteiger partial charge in [-0.1, -0.05) is 30.3 Å². The maximum absolute atomic E-state index is 12.0. The van der Waals surface area contributed by atoms with E-state index in [1.165, 1.54) is 5.56 Å². The minimum Gasteiger partial charge on any atom is -0.323 e. The van der Waals surface area contributed by atoms with Crippen molar-refractivity contribution in [3.05, 3.63) is 59.9 Å². The van der Waals surface area contributed by atoms with E-state index in [2.05, 4.69) is 10.3 Å². The first-order valence-corrected chi connectivity index (χ1v) is 6.68. The number of nitrogens with two attached hydrogens (primary N) is 1. The summed E-state index contributed by atoms with van der Waals surface area (Å²) in [6, 6.07) is 13.2. The summed E-state index contributed by atoms with van der Waals surface area (Å²) in [4.78, 5) is 16.1. The topological polar surface area (TPSA) is 68.0 Å². The lowest BCUT2D eigenvalue weighted by Gasteiger charge is -2.12. The molecule has 2 aromatic rings. The fourth-order valence-corrected chi connectivity index (χ4v) is 1.87. The monoisotopic (exact) mass is 269 g/mol. The number of aromatic nitrogens is 1. The molecular formula is C16H19N3O. The van der Waals surface area contributed by atoms with Crippen LogP contribution in [-0.2, 0) is 11.2 Å². The average Bonchev–Trinajstić information content (AvgIpc) is 2.48. The Balaban J connectivity index is 1.84. The van der Waals surface area contributed by atoms with Crippen LogP contribution in [0.2, 0.25) is 0 Å². The molecule has 1 unspecified atom stereocenters. The molecule has 1 heterocycles. The average molecular weight is 269 g/mol. The Morgan fingerprint density at radius 1 is 1.25 bits per heavy atom. The van der Waals surface area contributed by atoms with Gasteiger partial charge in [0.2, 0.25) is 5.91 Å². The lowest BCUT2D eigenvalue weighted by atomic mass is 10.1. The Morgan fingerprint density at radius 3 is 2.65 bits per heavy atom. The summed E-state index contributed by atoms with van der Waals surface area (Å²) in [6.07, 6.45) is 3.05. The molecule has 20 heavy (non-hydrogen) atoms. The van der Waals surface area contributed by atoms with Crippen molar-refractivity contribution in [1.82, 2.24) is 4.98 Å². The van der Waals surface area contributed by atoms with Gasteiger partial charge in [0.15, 0.2) is 0 Å². The zero-order chi connectivity index (χ0) is 14.4.